The van der Waals surface area contributed by atoms with Gasteiger partial charge in [-0.1, -0.05) is 18.2 Å². The van der Waals surface area contributed by atoms with Crippen LogP contribution in [0.15, 0.2) is 54.9 Å². The Morgan fingerprint density at radius 2 is 2.06 bits per heavy atom. The number of nitrogens with zero attached hydrogens (tertiary/aromatic N) is 5. The molecule has 0 saturated carbocycles. The summed E-state index contributed by atoms with van der Waals surface area (Å²) in [5.74, 6) is 1.22. The highest BCUT2D eigenvalue weighted by Crippen LogP contribution is 2.39. The van der Waals surface area contributed by atoms with Crippen LogP contribution in [0.2, 0.25) is 0 Å². The number of para-hydroxylation sites is 1. The topological polar surface area (TPSA) is 98.4 Å². The van der Waals surface area contributed by atoms with Gasteiger partial charge in [0.05, 0.1) is 23.4 Å². The van der Waals surface area contributed by atoms with Crippen molar-refractivity contribution in [1.82, 2.24) is 14.5 Å². The Morgan fingerprint density at radius 3 is 2.79 bits per heavy atom. The van der Waals surface area contributed by atoms with Crippen LogP contribution in [0.3, 0.4) is 0 Å². The highest BCUT2D eigenvalue weighted by Gasteiger charge is 2.22. The molecule has 0 unspecified atom stereocenters. The first-order valence-corrected chi connectivity index (χ1v) is 11.2. The molecule has 0 spiro atoms. The number of alkyl halides is 1. The minimum atomic E-state index is -0.412. The van der Waals surface area contributed by atoms with E-state index in [4.69, 9.17) is 16.3 Å². The summed E-state index contributed by atoms with van der Waals surface area (Å²) in [4.78, 5) is 22.2. The van der Waals surface area contributed by atoms with E-state index in [1.165, 1.54) is 13.2 Å². The van der Waals surface area contributed by atoms with Crippen LogP contribution in [-0.4, -0.2) is 46.0 Å². The lowest BCUT2D eigenvalue weighted by molar-refractivity contribution is -0.384. The molecule has 4 rings (SSSR count). The summed E-state index contributed by atoms with van der Waals surface area (Å²) in [6.07, 6.45) is 4.38. The molecule has 1 N–H and O–H groups in total. The van der Waals surface area contributed by atoms with E-state index >= 15 is 0 Å². The third-order valence-electron chi connectivity index (χ3n) is 5.61. The van der Waals surface area contributed by atoms with Crippen LogP contribution < -0.4 is 15.0 Å². The monoisotopic (exact) mass is 480 g/mol. The van der Waals surface area contributed by atoms with Gasteiger partial charge in [-0.3, -0.25) is 10.1 Å². The Labute approximate surface area is 202 Å². The largest absolute Gasteiger partial charge is 0.494 e. The first kappa shape index (κ1) is 23.3. The van der Waals surface area contributed by atoms with Crippen molar-refractivity contribution in [3.05, 3.63) is 65.0 Å². The van der Waals surface area contributed by atoms with E-state index < -0.39 is 4.92 Å². The van der Waals surface area contributed by atoms with Crippen molar-refractivity contribution in [2.45, 2.75) is 6.42 Å². The fourth-order valence-electron chi connectivity index (χ4n) is 3.93. The summed E-state index contributed by atoms with van der Waals surface area (Å²) >= 11 is 5.79. The molecule has 10 heteroatoms. The Kier molecular flexibility index (Phi) is 6.83. The lowest BCUT2D eigenvalue weighted by Gasteiger charge is -2.20. The first-order valence-electron chi connectivity index (χ1n) is 10.7. The summed E-state index contributed by atoms with van der Waals surface area (Å²) in [5, 5.41) is 16.0. The molecule has 0 saturated heterocycles. The van der Waals surface area contributed by atoms with Crippen LogP contribution in [0.5, 0.6) is 5.75 Å². The molecule has 0 atom stereocenters. The molecule has 176 valence electrons. The summed E-state index contributed by atoms with van der Waals surface area (Å²) in [5.41, 5.74) is 3.60. The van der Waals surface area contributed by atoms with Crippen LogP contribution in [0, 0.1) is 10.1 Å². The predicted octanol–water partition coefficient (Wildman–Crippen LogP) is 5.36. The van der Waals surface area contributed by atoms with Gasteiger partial charge in [-0.05, 0) is 18.6 Å². The normalized spacial score (nSPS) is 10.9. The molecule has 4 aromatic rings. The van der Waals surface area contributed by atoms with Crippen molar-refractivity contribution >= 4 is 45.5 Å². The number of nitrogens with one attached hydrogen (secondary N) is 1. The molecule has 2 aromatic carbocycles. The van der Waals surface area contributed by atoms with E-state index in [-0.39, 0.29) is 5.69 Å². The van der Waals surface area contributed by atoms with Crippen molar-refractivity contribution in [2.75, 3.05) is 36.8 Å². The van der Waals surface area contributed by atoms with Crippen LogP contribution >= 0.6 is 11.6 Å². The second kappa shape index (κ2) is 9.96. The number of aryl methyl sites for hydroxylation is 1. The number of nitro groups is 1. The Hall–Kier alpha value is -3.85. The van der Waals surface area contributed by atoms with E-state index in [9.17, 15) is 10.1 Å². The second-order valence-corrected chi connectivity index (χ2v) is 8.20. The molecule has 34 heavy (non-hydrogen) atoms. The standard InChI is InChI=1S/C24H25ClN6O3/c1-29(12-6-10-25)21-14-23(34-3)19(13-22(21)31(32)33)28-24-26-11-9-18(27-24)17-15-30(2)20-8-5-4-7-16(17)20/h4-5,7-9,11,13-15H,6,10,12H2,1-3H3,(H,26,27,28). The molecule has 2 heterocycles. The van der Waals surface area contributed by atoms with Crippen molar-refractivity contribution in [2.24, 2.45) is 7.05 Å². The number of rotatable bonds is 9. The minimum Gasteiger partial charge on any atom is -0.494 e. The van der Waals surface area contributed by atoms with Gasteiger partial charge in [0.1, 0.15) is 11.4 Å². The fourth-order valence-corrected chi connectivity index (χ4v) is 4.05. The highest BCUT2D eigenvalue weighted by atomic mass is 35.5. The van der Waals surface area contributed by atoms with Crippen LogP contribution in [0.25, 0.3) is 22.2 Å². The zero-order valence-corrected chi connectivity index (χ0v) is 19.9. The first-order chi connectivity index (χ1) is 16.4. The number of hydrogen-bond donors (Lipinski definition) is 1. The maximum absolute atomic E-state index is 11.8. The number of ether oxygens (including phenoxy) is 1. The molecular formula is C24H25ClN6O3. The van der Waals surface area contributed by atoms with Crippen molar-refractivity contribution in [3.8, 4) is 17.0 Å². The number of anilines is 3. The summed E-state index contributed by atoms with van der Waals surface area (Å²) in [6.45, 7) is 0.580. The number of nitro benzene ring substituents is 1. The molecule has 2 aromatic heterocycles. The van der Waals surface area contributed by atoms with E-state index in [0.29, 0.717) is 41.9 Å². The van der Waals surface area contributed by atoms with Crippen molar-refractivity contribution < 1.29 is 9.66 Å². The number of hydrogen-bond acceptors (Lipinski definition) is 7. The smallest absolute Gasteiger partial charge is 0.294 e. The number of aromatic nitrogens is 3. The van der Waals surface area contributed by atoms with E-state index in [1.54, 1.807) is 24.2 Å². The summed E-state index contributed by atoms with van der Waals surface area (Å²) in [6, 6.07) is 13.0. The molecule has 9 nitrogen and oxygen atoms in total. The number of benzene rings is 2. The second-order valence-electron chi connectivity index (χ2n) is 7.82. The molecule has 0 amide bonds. The highest BCUT2D eigenvalue weighted by molar-refractivity contribution is 6.17. The van der Waals surface area contributed by atoms with E-state index in [0.717, 1.165) is 22.2 Å². The molecule has 0 aliphatic heterocycles. The van der Waals surface area contributed by atoms with Crippen LogP contribution in [0.4, 0.5) is 23.0 Å². The minimum absolute atomic E-state index is 0.0504. The lowest BCUT2D eigenvalue weighted by Crippen LogP contribution is -2.20. The molecule has 0 bridgehead atoms. The van der Waals surface area contributed by atoms with Gasteiger partial charge in [0.25, 0.3) is 5.69 Å². The molecule has 0 fully saturated rings. The van der Waals surface area contributed by atoms with Crippen molar-refractivity contribution in [1.29, 1.82) is 0 Å². The zero-order chi connectivity index (χ0) is 24.2. The average Bonchev–Trinajstić information content (AvgIpc) is 3.19. The van der Waals surface area contributed by atoms with E-state index in [1.807, 2.05) is 42.1 Å². The number of halogens is 1. The maximum Gasteiger partial charge on any atom is 0.294 e. The molecular weight excluding hydrogens is 456 g/mol. The van der Waals surface area contributed by atoms with Gasteiger partial charge in [-0.2, -0.15) is 0 Å². The third kappa shape index (κ3) is 4.60. The number of fused-ring (bicyclic) bond motifs is 1. The Bertz CT molecular complexity index is 1340. The van der Waals surface area contributed by atoms with Gasteiger partial charge in [-0.15, -0.1) is 11.6 Å². The summed E-state index contributed by atoms with van der Waals surface area (Å²) in [7, 11) is 5.29. The Morgan fingerprint density at radius 1 is 1.26 bits per heavy atom. The number of methoxy groups -OCH3 is 1. The van der Waals surface area contributed by atoms with Crippen LogP contribution in [0.1, 0.15) is 6.42 Å². The SMILES string of the molecule is COc1cc(N(C)CCCCl)c([N+](=O)[O-])cc1Nc1nccc(-c2cn(C)c3ccccc23)n1. The third-order valence-corrected chi connectivity index (χ3v) is 5.87. The van der Waals surface area contributed by atoms with Crippen molar-refractivity contribution in [3.63, 3.8) is 0 Å². The van der Waals surface area contributed by atoms with Gasteiger partial charge in [0, 0.05) is 67.5 Å². The molecule has 0 aliphatic rings. The molecule has 0 aliphatic carbocycles. The summed E-state index contributed by atoms with van der Waals surface area (Å²) < 4.78 is 7.57. The maximum atomic E-state index is 11.8. The zero-order valence-electron chi connectivity index (χ0n) is 19.2. The van der Waals surface area contributed by atoms with Gasteiger partial charge < -0.3 is 19.5 Å². The average molecular weight is 481 g/mol. The van der Waals surface area contributed by atoms with Crippen LogP contribution in [-0.2, 0) is 7.05 Å². The fraction of sp³-hybridized carbons (Fsp3) is 0.250. The Balaban J connectivity index is 1.71. The van der Waals surface area contributed by atoms with E-state index in [2.05, 4.69) is 21.4 Å². The van der Waals surface area contributed by atoms with Gasteiger partial charge in [0.15, 0.2) is 0 Å². The van der Waals surface area contributed by atoms with Gasteiger partial charge >= 0.3 is 0 Å². The molecule has 0 radical (unpaired) electrons. The quantitative estimate of drug-likeness (QED) is 0.195. The predicted molar refractivity (Wildman–Crippen MR) is 135 cm³/mol. The van der Waals surface area contributed by atoms with Gasteiger partial charge in [0.2, 0.25) is 5.95 Å². The lowest BCUT2D eigenvalue weighted by atomic mass is 10.1. The van der Waals surface area contributed by atoms with Gasteiger partial charge in [-0.25, -0.2) is 9.97 Å².